The number of aryl methyl sites for hydroxylation is 1. The average molecular weight is 313 g/mol. The lowest BCUT2D eigenvalue weighted by Crippen LogP contribution is -2.28. The minimum Gasteiger partial charge on any atom is -0.305 e. The summed E-state index contributed by atoms with van der Waals surface area (Å²) in [5, 5.41) is 5.14. The number of aromatic amines is 2. The molecule has 0 saturated carbocycles. The molecule has 20 heavy (non-hydrogen) atoms. The van der Waals surface area contributed by atoms with Crippen molar-refractivity contribution in [2.24, 2.45) is 0 Å². The fraction of sp³-hybridized carbons (Fsp3) is 0.231. The minimum atomic E-state index is -0.915. The van der Waals surface area contributed by atoms with Gasteiger partial charge in [-0.3, -0.25) is 18.9 Å². The van der Waals surface area contributed by atoms with Crippen molar-refractivity contribution in [2.45, 2.75) is 6.42 Å². The topological polar surface area (TPSA) is 82.8 Å². The molecule has 2 N–H and O–H groups in total. The number of benzene rings is 1. The molecule has 106 valence electrons. The first-order valence-corrected chi connectivity index (χ1v) is 7.99. The highest BCUT2D eigenvalue weighted by molar-refractivity contribution is 7.84. The van der Waals surface area contributed by atoms with E-state index in [0.29, 0.717) is 22.8 Å². The van der Waals surface area contributed by atoms with Gasteiger partial charge in [-0.25, -0.2) is 0 Å². The van der Waals surface area contributed by atoms with E-state index in [1.807, 2.05) is 6.07 Å². The average Bonchev–Trinajstić information content (AvgIpc) is 2.41. The smallest absolute Gasteiger partial charge is 0.305 e. The highest BCUT2D eigenvalue weighted by atomic mass is 35.5. The van der Waals surface area contributed by atoms with E-state index in [1.165, 1.54) is 6.20 Å². The van der Waals surface area contributed by atoms with Crippen LogP contribution in [-0.2, 0) is 17.2 Å². The highest BCUT2D eigenvalue weighted by Gasteiger charge is 2.12. The molecule has 1 atom stereocenters. The monoisotopic (exact) mass is 312 g/mol. The zero-order valence-corrected chi connectivity index (χ0v) is 12.3. The van der Waals surface area contributed by atoms with Crippen LogP contribution in [0.1, 0.15) is 5.56 Å². The predicted molar refractivity (Wildman–Crippen MR) is 80.8 cm³/mol. The van der Waals surface area contributed by atoms with Gasteiger partial charge in [-0.15, -0.1) is 0 Å². The molecule has 1 heterocycles. The molecule has 2 rings (SSSR count). The first-order chi connectivity index (χ1) is 9.50. The van der Waals surface area contributed by atoms with Gasteiger partial charge in [-0.1, -0.05) is 29.8 Å². The van der Waals surface area contributed by atoms with Gasteiger partial charge in [0.15, 0.2) is 0 Å². The number of nitrogens with one attached hydrogen (secondary N) is 2. The van der Waals surface area contributed by atoms with Crippen molar-refractivity contribution in [3.63, 3.8) is 0 Å². The normalized spacial score (nSPS) is 12.3. The lowest BCUT2D eigenvalue weighted by molar-refractivity contribution is 0.686. The molecule has 0 amide bonds. The van der Waals surface area contributed by atoms with E-state index in [1.54, 1.807) is 18.4 Å². The fourth-order valence-corrected chi connectivity index (χ4v) is 2.68. The van der Waals surface area contributed by atoms with Crippen LogP contribution in [0.3, 0.4) is 0 Å². The fourth-order valence-electron chi connectivity index (χ4n) is 1.85. The highest BCUT2D eigenvalue weighted by Crippen LogP contribution is 2.28. The first kappa shape index (κ1) is 14.7. The Kier molecular flexibility index (Phi) is 4.57. The van der Waals surface area contributed by atoms with Gasteiger partial charge in [0.1, 0.15) is 0 Å². The van der Waals surface area contributed by atoms with Crippen molar-refractivity contribution in [3.05, 3.63) is 55.6 Å². The van der Waals surface area contributed by atoms with E-state index in [9.17, 15) is 13.8 Å². The summed E-state index contributed by atoms with van der Waals surface area (Å²) in [6.07, 6.45) is 3.59. The SMILES string of the molecule is C[S@@](=O)CCc1cccc(-c2c[nH][nH]c(=O)c2=O)c1Cl. The Morgan fingerprint density at radius 3 is 2.70 bits per heavy atom. The Morgan fingerprint density at radius 1 is 1.25 bits per heavy atom. The summed E-state index contributed by atoms with van der Waals surface area (Å²) >= 11 is 6.29. The maximum atomic E-state index is 11.8. The van der Waals surface area contributed by atoms with Gasteiger partial charge in [-0.05, 0) is 12.0 Å². The van der Waals surface area contributed by atoms with Gasteiger partial charge < -0.3 is 5.10 Å². The second-order valence-corrected chi connectivity index (χ2v) is 6.22. The maximum absolute atomic E-state index is 11.8. The second-order valence-electron chi connectivity index (χ2n) is 4.29. The quantitative estimate of drug-likeness (QED) is 0.835. The second kappa shape index (κ2) is 6.19. The van der Waals surface area contributed by atoms with Crippen LogP contribution in [0.25, 0.3) is 11.1 Å². The summed E-state index contributed by atoms with van der Waals surface area (Å²) in [6, 6.07) is 5.26. The number of hydrogen-bond acceptors (Lipinski definition) is 3. The number of hydrogen-bond donors (Lipinski definition) is 2. The standard InChI is InChI=1S/C13H13ClN2O3S/c1-20(19)6-5-8-3-2-4-9(11(8)14)10-7-15-16-13(18)12(10)17/h2-4,7H,5-6H2,1H3,(H,15,17)(H,16,18)/t20-/m1/s1. The van der Waals surface area contributed by atoms with Crippen LogP contribution in [0.5, 0.6) is 0 Å². The van der Waals surface area contributed by atoms with Crippen LogP contribution in [0.15, 0.2) is 34.0 Å². The molecule has 0 unspecified atom stereocenters. The third-order valence-corrected chi connectivity index (χ3v) is 4.11. The van der Waals surface area contributed by atoms with Crippen molar-refractivity contribution < 1.29 is 4.21 Å². The van der Waals surface area contributed by atoms with Crippen LogP contribution in [0.4, 0.5) is 0 Å². The molecular formula is C13H13ClN2O3S. The Hall–Kier alpha value is -1.66. The zero-order chi connectivity index (χ0) is 14.7. The van der Waals surface area contributed by atoms with Gasteiger partial charge in [0.2, 0.25) is 0 Å². The third-order valence-electron chi connectivity index (χ3n) is 2.88. The van der Waals surface area contributed by atoms with Crippen LogP contribution in [-0.4, -0.2) is 26.4 Å². The molecule has 0 bridgehead atoms. The Balaban J connectivity index is 2.50. The molecule has 0 aliphatic carbocycles. The summed E-state index contributed by atoms with van der Waals surface area (Å²) < 4.78 is 11.1. The summed E-state index contributed by atoms with van der Waals surface area (Å²) in [6.45, 7) is 0. The largest absolute Gasteiger partial charge is 0.310 e. The van der Waals surface area contributed by atoms with Gasteiger partial charge in [-0.2, -0.15) is 0 Å². The molecule has 2 aromatic rings. The molecule has 0 aliphatic heterocycles. The molecule has 1 aromatic heterocycles. The number of aromatic nitrogens is 2. The van der Waals surface area contributed by atoms with E-state index in [2.05, 4.69) is 10.2 Å². The first-order valence-electron chi connectivity index (χ1n) is 5.89. The third kappa shape index (κ3) is 3.08. The lowest BCUT2D eigenvalue weighted by Gasteiger charge is -2.08. The van der Waals surface area contributed by atoms with Crippen LogP contribution < -0.4 is 11.0 Å². The van der Waals surface area contributed by atoms with Gasteiger partial charge in [0.05, 0.1) is 10.6 Å². The Bertz CT molecular complexity index is 767. The Morgan fingerprint density at radius 2 is 2.00 bits per heavy atom. The summed E-state index contributed by atoms with van der Waals surface area (Å²) in [7, 11) is -0.915. The van der Waals surface area contributed by atoms with Gasteiger partial charge in [0, 0.05) is 34.6 Å². The van der Waals surface area contributed by atoms with Crippen LogP contribution in [0, 0.1) is 0 Å². The maximum Gasteiger partial charge on any atom is 0.310 e. The lowest BCUT2D eigenvalue weighted by atomic mass is 10.0. The molecule has 0 fully saturated rings. The molecule has 5 nitrogen and oxygen atoms in total. The molecule has 0 aliphatic rings. The minimum absolute atomic E-state index is 0.221. The van der Waals surface area contributed by atoms with Crippen molar-refractivity contribution in [2.75, 3.05) is 12.0 Å². The van der Waals surface area contributed by atoms with Gasteiger partial charge >= 0.3 is 5.56 Å². The molecule has 0 saturated heterocycles. The van der Waals surface area contributed by atoms with Gasteiger partial charge in [0.25, 0.3) is 5.43 Å². The molecule has 7 heteroatoms. The van der Waals surface area contributed by atoms with E-state index >= 15 is 0 Å². The summed E-state index contributed by atoms with van der Waals surface area (Å²) in [5.41, 5.74) is 0.163. The van der Waals surface area contributed by atoms with E-state index in [4.69, 9.17) is 11.6 Å². The van der Waals surface area contributed by atoms with Crippen LogP contribution >= 0.6 is 11.6 Å². The van der Waals surface area contributed by atoms with Crippen molar-refractivity contribution >= 4 is 22.4 Å². The molecular weight excluding hydrogens is 300 g/mol. The van der Waals surface area contributed by atoms with E-state index < -0.39 is 21.8 Å². The van der Waals surface area contributed by atoms with Crippen molar-refractivity contribution in [3.8, 4) is 11.1 Å². The number of H-pyrrole nitrogens is 2. The van der Waals surface area contributed by atoms with E-state index in [0.717, 1.165) is 5.56 Å². The predicted octanol–water partition coefficient (Wildman–Crippen LogP) is 1.30. The zero-order valence-electron chi connectivity index (χ0n) is 10.7. The summed E-state index contributed by atoms with van der Waals surface area (Å²) in [5.74, 6) is 0.495. The number of rotatable bonds is 4. The van der Waals surface area contributed by atoms with Crippen LogP contribution in [0.2, 0.25) is 5.02 Å². The molecule has 0 spiro atoms. The molecule has 1 aromatic carbocycles. The van der Waals surface area contributed by atoms with E-state index in [-0.39, 0.29) is 5.56 Å². The van der Waals surface area contributed by atoms with Crippen molar-refractivity contribution in [1.29, 1.82) is 0 Å². The summed E-state index contributed by atoms with van der Waals surface area (Å²) in [4.78, 5) is 23.2. The van der Waals surface area contributed by atoms with Crippen molar-refractivity contribution in [1.82, 2.24) is 10.2 Å². The molecule has 0 radical (unpaired) electrons. The number of halogens is 1. The Labute approximate surface area is 122 Å².